The lowest BCUT2D eigenvalue weighted by Crippen LogP contribution is -2.36. The monoisotopic (exact) mass is 260 g/mol. The molecule has 0 fully saturated rings. The number of ether oxygens (including phenoxy) is 1. The summed E-state index contributed by atoms with van der Waals surface area (Å²) >= 11 is 0. The summed E-state index contributed by atoms with van der Waals surface area (Å²) in [5.74, 6) is 0.833. The van der Waals surface area contributed by atoms with Crippen LogP contribution in [0.1, 0.15) is 60.8 Å². The zero-order valence-corrected chi connectivity index (χ0v) is 13.5. The third-order valence-electron chi connectivity index (χ3n) is 1.88. The van der Waals surface area contributed by atoms with Crippen LogP contribution in [-0.4, -0.2) is 31.8 Å². The van der Waals surface area contributed by atoms with Crippen LogP contribution in [0.15, 0.2) is 0 Å². The molecule has 0 aliphatic carbocycles. The van der Waals surface area contributed by atoms with Crippen LogP contribution in [0.4, 0.5) is 0 Å². The van der Waals surface area contributed by atoms with Crippen LogP contribution < -0.4 is 11.1 Å². The van der Waals surface area contributed by atoms with Crippen LogP contribution >= 0.6 is 0 Å². The number of hydrogen-bond donors (Lipinski definition) is 2. The van der Waals surface area contributed by atoms with Crippen LogP contribution in [0.5, 0.6) is 0 Å². The minimum Gasteiger partial charge on any atom is -0.380 e. The zero-order chi connectivity index (χ0) is 14.4. The Morgan fingerprint density at radius 2 is 1.56 bits per heavy atom. The van der Waals surface area contributed by atoms with E-state index in [1.165, 1.54) is 12.8 Å². The predicted octanol–water partition coefficient (Wildman–Crippen LogP) is 3.18. The van der Waals surface area contributed by atoms with E-state index in [2.05, 4.69) is 46.9 Å². The Bertz CT molecular complexity index is 150. The minimum absolute atomic E-state index is 0.246. The Morgan fingerprint density at radius 1 is 1.00 bits per heavy atom. The lowest BCUT2D eigenvalue weighted by atomic mass is 10.1. The molecule has 0 spiro atoms. The molecule has 0 rings (SSSR count). The molecule has 3 heteroatoms. The average molecular weight is 260 g/mol. The molecule has 0 amide bonds. The van der Waals surface area contributed by atoms with Gasteiger partial charge in [-0.2, -0.15) is 0 Å². The van der Waals surface area contributed by atoms with Gasteiger partial charge < -0.3 is 15.8 Å². The van der Waals surface area contributed by atoms with Crippen molar-refractivity contribution in [1.82, 2.24) is 5.32 Å². The van der Waals surface area contributed by atoms with Gasteiger partial charge in [-0.05, 0) is 52.5 Å². The van der Waals surface area contributed by atoms with Crippen LogP contribution in [0.2, 0.25) is 0 Å². The number of unbranched alkanes of at least 4 members (excludes halogenated alkanes) is 2. The smallest absolute Gasteiger partial charge is 0.0588 e. The van der Waals surface area contributed by atoms with Crippen LogP contribution in [0, 0.1) is 5.92 Å². The Kier molecular flexibility index (Phi) is 14.9. The van der Waals surface area contributed by atoms with E-state index in [1.807, 2.05) is 0 Å². The number of rotatable bonds is 8. The van der Waals surface area contributed by atoms with Gasteiger partial charge in [0.2, 0.25) is 0 Å². The Morgan fingerprint density at radius 3 is 2.00 bits per heavy atom. The van der Waals surface area contributed by atoms with Crippen molar-refractivity contribution < 1.29 is 4.74 Å². The molecule has 3 nitrogen and oxygen atoms in total. The van der Waals surface area contributed by atoms with Crippen LogP contribution in [-0.2, 0) is 4.74 Å². The molecule has 112 valence electrons. The first-order chi connectivity index (χ1) is 8.29. The molecule has 0 radical (unpaired) electrons. The normalized spacial score (nSPS) is 11.3. The summed E-state index contributed by atoms with van der Waals surface area (Å²) in [5, 5.41) is 3.46. The molecule has 0 saturated carbocycles. The zero-order valence-electron chi connectivity index (χ0n) is 13.5. The fraction of sp³-hybridized carbons (Fsp3) is 1.00. The van der Waals surface area contributed by atoms with E-state index in [-0.39, 0.29) is 5.54 Å². The number of nitrogens with two attached hydrogens (primary N) is 1. The molecule has 0 bridgehead atoms. The maximum Gasteiger partial charge on any atom is 0.0588 e. The van der Waals surface area contributed by atoms with Crippen molar-refractivity contribution in [2.24, 2.45) is 11.7 Å². The van der Waals surface area contributed by atoms with Crippen molar-refractivity contribution in [3.8, 4) is 0 Å². The Balaban J connectivity index is 0. The van der Waals surface area contributed by atoms with E-state index in [1.54, 1.807) is 0 Å². The first kappa shape index (κ1) is 20.2. The molecule has 3 N–H and O–H groups in total. The summed E-state index contributed by atoms with van der Waals surface area (Å²) in [7, 11) is 0. The highest BCUT2D eigenvalue weighted by Crippen LogP contribution is 2.00. The van der Waals surface area contributed by atoms with Crippen molar-refractivity contribution in [2.45, 2.75) is 66.3 Å². The van der Waals surface area contributed by atoms with Gasteiger partial charge >= 0.3 is 0 Å². The van der Waals surface area contributed by atoms with Gasteiger partial charge in [-0.3, -0.25) is 0 Å². The van der Waals surface area contributed by atoms with Gasteiger partial charge in [-0.1, -0.05) is 20.8 Å². The highest BCUT2D eigenvalue weighted by atomic mass is 16.5. The minimum atomic E-state index is 0.246. The molecule has 0 aromatic carbocycles. The average Bonchev–Trinajstić information content (AvgIpc) is 2.19. The molecule has 0 unspecified atom stereocenters. The van der Waals surface area contributed by atoms with Crippen LogP contribution in [0.3, 0.4) is 0 Å². The summed E-state index contributed by atoms with van der Waals surface area (Å²) in [6.07, 6.45) is 3.60. The van der Waals surface area contributed by atoms with E-state index in [9.17, 15) is 0 Å². The third-order valence-corrected chi connectivity index (χ3v) is 1.88. The number of nitrogens with one attached hydrogen (secondary N) is 1. The van der Waals surface area contributed by atoms with E-state index in [0.29, 0.717) is 13.2 Å². The second kappa shape index (κ2) is 13.3. The lowest BCUT2D eigenvalue weighted by Gasteiger charge is -2.20. The molecular formula is C15H36N2O. The van der Waals surface area contributed by atoms with Crippen molar-refractivity contribution >= 4 is 0 Å². The second-order valence-electron chi connectivity index (χ2n) is 6.37. The fourth-order valence-corrected chi connectivity index (χ4v) is 1.15. The van der Waals surface area contributed by atoms with Gasteiger partial charge in [-0.15, -0.1) is 0 Å². The highest BCUT2D eigenvalue weighted by molar-refractivity contribution is 4.69. The van der Waals surface area contributed by atoms with Crippen molar-refractivity contribution in [3.63, 3.8) is 0 Å². The number of hydrogen-bond acceptors (Lipinski definition) is 3. The first-order valence-electron chi connectivity index (χ1n) is 7.32. The van der Waals surface area contributed by atoms with Gasteiger partial charge in [0.05, 0.1) is 6.61 Å². The highest BCUT2D eigenvalue weighted by Gasteiger charge is 2.06. The summed E-state index contributed by atoms with van der Waals surface area (Å²) in [4.78, 5) is 0. The van der Waals surface area contributed by atoms with Crippen molar-refractivity contribution in [3.05, 3.63) is 0 Å². The topological polar surface area (TPSA) is 47.3 Å². The maximum atomic E-state index is 5.30. The molecule has 0 heterocycles. The van der Waals surface area contributed by atoms with Gasteiger partial charge in [-0.25, -0.2) is 0 Å². The molecule has 0 aromatic heterocycles. The Labute approximate surface area is 115 Å². The largest absolute Gasteiger partial charge is 0.380 e. The van der Waals surface area contributed by atoms with E-state index < -0.39 is 0 Å². The lowest BCUT2D eigenvalue weighted by molar-refractivity contribution is 0.137. The maximum absolute atomic E-state index is 5.30. The van der Waals surface area contributed by atoms with E-state index in [0.717, 1.165) is 25.5 Å². The standard InChI is InChI=1S/C11H26N2O.C4H10/c1-11(2,3)13-8-5-4-6-9-14-10-7-12;1-4(2)3/h13H,4-10,12H2,1-3H3;4H,1-3H3. The summed E-state index contributed by atoms with van der Waals surface area (Å²) < 4.78 is 5.28. The second-order valence-corrected chi connectivity index (χ2v) is 6.37. The molecule has 0 atom stereocenters. The molecule has 0 aliphatic rings. The molecule has 18 heavy (non-hydrogen) atoms. The summed E-state index contributed by atoms with van der Waals surface area (Å²) in [6.45, 7) is 16.4. The van der Waals surface area contributed by atoms with Gasteiger partial charge in [0.1, 0.15) is 0 Å². The van der Waals surface area contributed by atoms with Gasteiger partial charge in [0.15, 0.2) is 0 Å². The van der Waals surface area contributed by atoms with E-state index in [4.69, 9.17) is 10.5 Å². The van der Waals surface area contributed by atoms with Crippen LogP contribution in [0.25, 0.3) is 0 Å². The summed E-state index contributed by atoms with van der Waals surface area (Å²) in [5.41, 5.74) is 5.55. The predicted molar refractivity (Wildman–Crippen MR) is 82.0 cm³/mol. The SMILES string of the molecule is CC(C)(C)NCCCCCOCCN.CC(C)C. The molecular weight excluding hydrogens is 224 g/mol. The van der Waals surface area contributed by atoms with Crippen molar-refractivity contribution in [1.29, 1.82) is 0 Å². The third kappa shape index (κ3) is 29.7. The quantitative estimate of drug-likeness (QED) is 0.659. The summed E-state index contributed by atoms with van der Waals surface area (Å²) in [6, 6.07) is 0. The fourth-order valence-electron chi connectivity index (χ4n) is 1.15. The molecule has 0 aliphatic heterocycles. The first-order valence-corrected chi connectivity index (χ1v) is 7.32. The van der Waals surface area contributed by atoms with Gasteiger partial charge in [0, 0.05) is 18.7 Å². The van der Waals surface area contributed by atoms with Crippen molar-refractivity contribution in [2.75, 3.05) is 26.3 Å². The Hall–Kier alpha value is -0.120. The molecule has 0 aromatic rings. The molecule has 0 saturated heterocycles. The van der Waals surface area contributed by atoms with E-state index >= 15 is 0 Å². The van der Waals surface area contributed by atoms with Gasteiger partial charge in [0.25, 0.3) is 0 Å².